The van der Waals surface area contributed by atoms with E-state index in [-0.39, 0.29) is 24.0 Å². The molecule has 0 amide bonds. The van der Waals surface area contributed by atoms with Crippen LogP contribution in [0.2, 0.25) is 0 Å². The number of guanidine groups is 1. The summed E-state index contributed by atoms with van der Waals surface area (Å²) >= 11 is 0. The SMILES string of the molecule is CN=C(NCc1ccco1)N1CCC(COCCOC)C1.I. The molecule has 0 saturated carbocycles. The van der Waals surface area contributed by atoms with Crippen molar-refractivity contribution < 1.29 is 13.9 Å². The van der Waals surface area contributed by atoms with E-state index in [9.17, 15) is 0 Å². The Hall–Kier alpha value is -0.800. The first-order valence-corrected chi connectivity index (χ1v) is 7.38. The summed E-state index contributed by atoms with van der Waals surface area (Å²) in [7, 11) is 3.50. The van der Waals surface area contributed by atoms with Crippen LogP contribution in [0.4, 0.5) is 0 Å². The highest BCUT2D eigenvalue weighted by Crippen LogP contribution is 2.16. The zero-order valence-corrected chi connectivity index (χ0v) is 15.6. The fourth-order valence-corrected chi connectivity index (χ4v) is 2.46. The zero-order valence-electron chi connectivity index (χ0n) is 13.3. The number of hydrogen-bond acceptors (Lipinski definition) is 4. The first-order chi connectivity index (χ1) is 10.3. The van der Waals surface area contributed by atoms with Gasteiger partial charge in [-0.3, -0.25) is 4.99 Å². The molecule has 22 heavy (non-hydrogen) atoms. The molecule has 1 unspecified atom stereocenters. The van der Waals surface area contributed by atoms with Crippen LogP contribution in [0.5, 0.6) is 0 Å². The van der Waals surface area contributed by atoms with E-state index >= 15 is 0 Å². The highest BCUT2D eigenvalue weighted by Gasteiger charge is 2.24. The summed E-state index contributed by atoms with van der Waals surface area (Å²) in [6, 6.07) is 3.85. The van der Waals surface area contributed by atoms with Gasteiger partial charge in [-0.15, -0.1) is 24.0 Å². The maximum atomic E-state index is 5.61. The lowest BCUT2D eigenvalue weighted by Gasteiger charge is -2.21. The average Bonchev–Trinajstić information content (AvgIpc) is 3.16. The third kappa shape index (κ3) is 6.13. The number of halogens is 1. The number of likely N-dealkylation sites (tertiary alicyclic amines) is 1. The van der Waals surface area contributed by atoms with E-state index in [2.05, 4.69) is 15.2 Å². The maximum absolute atomic E-state index is 5.61. The van der Waals surface area contributed by atoms with E-state index in [1.165, 1.54) is 0 Å². The molecule has 126 valence electrons. The number of rotatable bonds is 7. The number of aliphatic imine (C=N–C) groups is 1. The number of furan rings is 1. The lowest BCUT2D eigenvalue weighted by molar-refractivity contribution is 0.0536. The number of ether oxygens (including phenoxy) is 2. The van der Waals surface area contributed by atoms with Crippen molar-refractivity contribution in [2.45, 2.75) is 13.0 Å². The number of methoxy groups -OCH3 is 1. The van der Waals surface area contributed by atoms with Crippen molar-refractivity contribution in [2.24, 2.45) is 10.9 Å². The van der Waals surface area contributed by atoms with Gasteiger partial charge in [0.25, 0.3) is 0 Å². The topological polar surface area (TPSA) is 59.2 Å². The Balaban J connectivity index is 0.00000242. The Morgan fingerprint density at radius 3 is 3.05 bits per heavy atom. The predicted octanol–water partition coefficient (Wildman–Crippen LogP) is 1.96. The molecule has 1 N–H and O–H groups in total. The van der Waals surface area contributed by atoms with E-state index < -0.39 is 0 Å². The molecule has 6 nitrogen and oxygen atoms in total. The molecule has 1 atom stereocenters. The summed E-state index contributed by atoms with van der Waals surface area (Å²) in [6.45, 7) is 4.75. The summed E-state index contributed by atoms with van der Waals surface area (Å²) in [5.41, 5.74) is 0. The smallest absolute Gasteiger partial charge is 0.194 e. The monoisotopic (exact) mass is 423 g/mol. The van der Waals surface area contributed by atoms with Crippen molar-refractivity contribution in [3.05, 3.63) is 24.2 Å². The van der Waals surface area contributed by atoms with Crippen molar-refractivity contribution >= 4 is 29.9 Å². The summed E-state index contributed by atoms with van der Waals surface area (Å²) in [6.07, 6.45) is 2.82. The summed E-state index contributed by atoms with van der Waals surface area (Å²) in [5, 5.41) is 3.33. The lowest BCUT2D eigenvalue weighted by Crippen LogP contribution is -2.39. The predicted molar refractivity (Wildman–Crippen MR) is 96.7 cm³/mol. The van der Waals surface area contributed by atoms with Crippen LogP contribution in [-0.2, 0) is 16.0 Å². The van der Waals surface area contributed by atoms with Gasteiger partial charge in [-0.2, -0.15) is 0 Å². The molecule has 1 saturated heterocycles. The first kappa shape index (κ1) is 19.2. The number of nitrogens with zero attached hydrogens (tertiary/aromatic N) is 2. The molecule has 0 bridgehead atoms. The van der Waals surface area contributed by atoms with Crippen molar-refractivity contribution in [2.75, 3.05) is 47.1 Å². The van der Waals surface area contributed by atoms with Gasteiger partial charge in [0, 0.05) is 33.2 Å². The van der Waals surface area contributed by atoms with Crippen molar-refractivity contribution in [1.82, 2.24) is 10.2 Å². The van der Waals surface area contributed by atoms with Crippen molar-refractivity contribution in [3.63, 3.8) is 0 Å². The lowest BCUT2D eigenvalue weighted by atomic mass is 10.1. The van der Waals surface area contributed by atoms with E-state index in [0.29, 0.717) is 25.7 Å². The van der Waals surface area contributed by atoms with Gasteiger partial charge in [-0.1, -0.05) is 0 Å². The Morgan fingerprint density at radius 1 is 1.50 bits per heavy atom. The largest absolute Gasteiger partial charge is 0.467 e. The molecule has 0 aliphatic carbocycles. The molecule has 2 heterocycles. The van der Waals surface area contributed by atoms with Crippen LogP contribution < -0.4 is 5.32 Å². The average molecular weight is 423 g/mol. The highest BCUT2D eigenvalue weighted by atomic mass is 127. The minimum absolute atomic E-state index is 0. The molecule has 1 aliphatic rings. The molecular formula is C15H26IN3O3. The normalized spacial score (nSPS) is 18.4. The van der Waals surface area contributed by atoms with Gasteiger partial charge < -0.3 is 24.1 Å². The van der Waals surface area contributed by atoms with Crippen LogP contribution in [0.25, 0.3) is 0 Å². The van der Waals surface area contributed by atoms with Crippen molar-refractivity contribution in [1.29, 1.82) is 0 Å². The van der Waals surface area contributed by atoms with Crippen LogP contribution in [0.3, 0.4) is 0 Å². The molecule has 1 fully saturated rings. The molecule has 0 aromatic carbocycles. The summed E-state index contributed by atoms with van der Waals surface area (Å²) in [4.78, 5) is 6.61. The third-order valence-electron chi connectivity index (χ3n) is 3.58. The van der Waals surface area contributed by atoms with E-state index in [0.717, 1.165) is 37.8 Å². The Kier molecular flexibility index (Phi) is 9.49. The van der Waals surface area contributed by atoms with Crippen LogP contribution in [0, 0.1) is 5.92 Å². The third-order valence-corrected chi connectivity index (χ3v) is 3.58. The van der Waals surface area contributed by atoms with Gasteiger partial charge in [-0.25, -0.2) is 0 Å². The summed E-state index contributed by atoms with van der Waals surface area (Å²) in [5.74, 6) is 2.39. The molecule has 7 heteroatoms. The van der Waals surface area contributed by atoms with Crippen LogP contribution in [0.1, 0.15) is 12.2 Å². The molecule has 1 aromatic rings. The van der Waals surface area contributed by atoms with Gasteiger partial charge in [0.15, 0.2) is 5.96 Å². The Morgan fingerprint density at radius 2 is 2.36 bits per heavy atom. The fourth-order valence-electron chi connectivity index (χ4n) is 2.46. The number of hydrogen-bond donors (Lipinski definition) is 1. The zero-order chi connectivity index (χ0) is 14.9. The van der Waals surface area contributed by atoms with E-state index in [1.54, 1.807) is 13.4 Å². The quantitative estimate of drug-likeness (QED) is 0.315. The van der Waals surface area contributed by atoms with Crippen LogP contribution >= 0.6 is 24.0 Å². The summed E-state index contributed by atoms with van der Waals surface area (Å²) < 4.78 is 15.9. The first-order valence-electron chi connectivity index (χ1n) is 7.38. The van der Waals surface area contributed by atoms with E-state index in [1.807, 2.05) is 19.2 Å². The second-order valence-electron chi connectivity index (χ2n) is 5.15. The highest BCUT2D eigenvalue weighted by molar-refractivity contribution is 14.0. The van der Waals surface area contributed by atoms with Crippen LogP contribution in [-0.4, -0.2) is 57.9 Å². The minimum Gasteiger partial charge on any atom is -0.467 e. The molecule has 0 spiro atoms. The van der Waals surface area contributed by atoms with Gasteiger partial charge in [0.05, 0.1) is 32.6 Å². The fraction of sp³-hybridized carbons (Fsp3) is 0.667. The van der Waals surface area contributed by atoms with Gasteiger partial charge >= 0.3 is 0 Å². The maximum Gasteiger partial charge on any atom is 0.194 e. The van der Waals surface area contributed by atoms with Crippen LogP contribution in [0.15, 0.2) is 27.8 Å². The molecule has 0 radical (unpaired) electrons. The standard InChI is InChI=1S/C15H25N3O3.HI/c1-16-15(17-10-14-4-3-7-21-14)18-6-5-13(11-18)12-20-9-8-19-2;/h3-4,7,13H,5-6,8-12H2,1-2H3,(H,16,17);1H. The molecule has 2 rings (SSSR count). The second kappa shape index (κ2) is 10.8. The Labute approximate surface area is 149 Å². The van der Waals surface area contributed by atoms with E-state index in [4.69, 9.17) is 13.9 Å². The molecule has 1 aliphatic heterocycles. The Bertz CT molecular complexity index is 426. The molecule has 1 aromatic heterocycles. The second-order valence-corrected chi connectivity index (χ2v) is 5.15. The van der Waals surface area contributed by atoms with Gasteiger partial charge in [-0.05, 0) is 18.6 Å². The number of nitrogens with one attached hydrogen (secondary N) is 1. The van der Waals surface area contributed by atoms with Crippen molar-refractivity contribution in [3.8, 4) is 0 Å². The molecular weight excluding hydrogens is 397 g/mol. The minimum atomic E-state index is 0. The van der Waals surface area contributed by atoms with Gasteiger partial charge in [0.1, 0.15) is 5.76 Å². The van der Waals surface area contributed by atoms with Gasteiger partial charge in [0.2, 0.25) is 0 Å².